The quantitative estimate of drug-likeness (QED) is 0.734. The number of aryl methyl sites for hydroxylation is 1. The van der Waals surface area contributed by atoms with Crippen LogP contribution in [0.3, 0.4) is 0 Å². The maximum absolute atomic E-state index is 10.6. The second-order valence-corrected chi connectivity index (χ2v) is 4.78. The summed E-state index contributed by atoms with van der Waals surface area (Å²) in [4.78, 5) is 10.6. The molecule has 0 saturated heterocycles. The van der Waals surface area contributed by atoms with Crippen LogP contribution in [0.2, 0.25) is 5.02 Å². The van der Waals surface area contributed by atoms with Gasteiger partial charge in [0, 0.05) is 17.7 Å². The van der Waals surface area contributed by atoms with E-state index in [9.17, 15) is 4.79 Å². The smallest absolute Gasteiger partial charge is 0.185 e. The average Bonchev–Trinajstić information content (AvgIpc) is 2.15. The van der Waals surface area contributed by atoms with Gasteiger partial charge >= 0.3 is 0 Å². The molecule has 1 aromatic carbocycles. The minimum Gasteiger partial charge on any atom is -0.288 e. The van der Waals surface area contributed by atoms with Crippen LogP contribution >= 0.6 is 23.4 Å². The molecular weight excluding hydrogens is 216 g/mol. The lowest BCUT2D eigenvalue weighted by Crippen LogP contribution is -1.90. The molecule has 0 saturated carbocycles. The first-order valence-electron chi connectivity index (χ1n) is 4.56. The predicted molar refractivity (Wildman–Crippen MR) is 62.9 cm³/mol. The largest absolute Gasteiger partial charge is 0.288 e. The summed E-state index contributed by atoms with van der Waals surface area (Å²) in [7, 11) is 0. The first-order chi connectivity index (χ1) is 6.68. The third kappa shape index (κ3) is 4.68. The number of rotatable bonds is 4. The zero-order valence-electron chi connectivity index (χ0n) is 8.13. The van der Waals surface area contributed by atoms with E-state index in [1.54, 1.807) is 6.92 Å². The van der Waals surface area contributed by atoms with Crippen molar-refractivity contribution >= 4 is 28.5 Å². The second kappa shape index (κ2) is 6.10. The van der Waals surface area contributed by atoms with Gasteiger partial charge in [0.25, 0.3) is 0 Å². The number of benzene rings is 1. The molecule has 0 radical (unpaired) electrons. The van der Waals surface area contributed by atoms with Gasteiger partial charge < -0.3 is 0 Å². The van der Waals surface area contributed by atoms with Crippen molar-refractivity contribution in [3.63, 3.8) is 0 Å². The zero-order valence-corrected chi connectivity index (χ0v) is 9.70. The molecule has 0 aliphatic heterocycles. The molecule has 0 spiro atoms. The summed E-state index contributed by atoms with van der Waals surface area (Å²) in [5.41, 5.74) is 1.28. The van der Waals surface area contributed by atoms with Gasteiger partial charge in [0.2, 0.25) is 0 Å². The first kappa shape index (κ1) is 11.6. The molecule has 0 unspecified atom stereocenters. The highest BCUT2D eigenvalue weighted by Crippen LogP contribution is 2.12. The SMILES string of the molecule is CC(=O)SCCCc1ccc(Cl)cc1. The van der Waals surface area contributed by atoms with E-state index in [1.807, 2.05) is 24.3 Å². The first-order valence-corrected chi connectivity index (χ1v) is 5.92. The van der Waals surface area contributed by atoms with Crippen LogP contribution in [0.1, 0.15) is 18.9 Å². The van der Waals surface area contributed by atoms with E-state index >= 15 is 0 Å². The Hall–Kier alpha value is -0.470. The van der Waals surface area contributed by atoms with E-state index in [0.29, 0.717) is 0 Å². The monoisotopic (exact) mass is 228 g/mol. The van der Waals surface area contributed by atoms with Gasteiger partial charge in [0.1, 0.15) is 0 Å². The summed E-state index contributed by atoms with van der Waals surface area (Å²) in [5.74, 6) is 0.901. The van der Waals surface area contributed by atoms with Crippen molar-refractivity contribution in [2.24, 2.45) is 0 Å². The van der Waals surface area contributed by atoms with Gasteiger partial charge in [-0.2, -0.15) is 0 Å². The summed E-state index contributed by atoms with van der Waals surface area (Å²) in [6.45, 7) is 1.60. The molecule has 1 rings (SSSR count). The van der Waals surface area contributed by atoms with Gasteiger partial charge in [0.15, 0.2) is 5.12 Å². The average molecular weight is 229 g/mol. The molecule has 1 nitrogen and oxygen atoms in total. The zero-order chi connectivity index (χ0) is 10.4. The van der Waals surface area contributed by atoms with Crippen LogP contribution in [0.5, 0.6) is 0 Å². The molecule has 1 aromatic rings. The number of hydrogen-bond acceptors (Lipinski definition) is 2. The van der Waals surface area contributed by atoms with Crippen molar-refractivity contribution in [2.75, 3.05) is 5.75 Å². The number of carbonyl (C=O) groups excluding carboxylic acids is 1. The molecule has 14 heavy (non-hydrogen) atoms. The lowest BCUT2D eigenvalue weighted by Gasteiger charge is -2.00. The van der Waals surface area contributed by atoms with Gasteiger partial charge in [0.05, 0.1) is 0 Å². The van der Waals surface area contributed by atoms with Crippen LogP contribution in [0.4, 0.5) is 0 Å². The van der Waals surface area contributed by atoms with E-state index in [4.69, 9.17) is 11.6 Å². The van der Waals surface area contributed by atoms with Crippen molar-refractivity contribution in [1.29, 1.82) is 0 Å². The minimum atomic E-state index is 0.195. The Morgan fingerprint density at radius 3 is 2.57 bits per heavy atom. The number of halogens is 1. The Kier molecular flexibility index (Phi) is 5.05. The third-order valence-corrected chi connectivity index (χ3v) is 2.98. The number of hydrogen-bond donors (Lipinski definition) is 0. The standard InChI is InChI=1S/C11H13ClOS/c1-9(13)14-8-2-3-10-4-6-11(12)7-5-10/h4-7H,2-3,8H2,1H3. The molecule has 0 aliphatic rings. The molecule has 0 aliphatic carbocycles. The van der Waals surface area contributed by atoms with E-state index in [0.717, 1.165) is 23.6 Å². The van der Waals surface area contributed by atoms with Crippen LogP contribution in [0, 0.1) is 0 Å². The topological polar surface area (TPSA) is 17.1 Å². The summed E-state index contributed by atoms with van der Waals surface area (Å²) in [6, 6.07) is 7.85. The van der Waals surface area contributed by atoms with Crippen molar-refractivity contribution < 1.29 is 4.79 Å². The molecular formula is C11H13ClOS. The third-order valence-electron chi connectivity index (χ3n) is 1.83. The number of carbonyl (C=O) groups is 1. The molecule has 0 amide bonds. The van der Waals surface area contributed by atoms with Gasteiger partial charge in [-0.15, -0.1) is 0 Å². The van der Waals surface area contributed by atoms with Crippen LogP contribution in [-0.2, 0) is 11.2 Å². The molecule has 0 heterocycles. The van der Waals surface area contributed by atoms with Gasteiger partial charge in [-0.1, -0.05) is 35.5 Å². The van der Waals surface area contributed by atoms with E-state index in [1.165, 1.54) is 17.3 Å². The highest BCUT2D eigenvalue weighted by atomic mass is 35.5. The Labute approximate surface area is 93.8 Å². The van der Waals surface area contributed by atoms with Gasteiger partial charge in [-0.25, -0.2) is 0 Å². The Morgan fingerprint density at radius 1 is 1.36 bits per heavy atom. The fourth-order valence-corrected chi connectivity index (χ4v) is 1.85. The molecule has 0 fully saturated rings. The highest BCUT2D eigenvalue weighted by molar-refractivity contribution is 8.13. The van der Waals surface area contributed by atoms with Crippen molar-refractivity contribution in [2.45, 2.75) is 19.8 Å². The lowest BCUT2D eigenvalue weighted by atomic mass is 10.1. The summed E-state index contributed by atoms with van der Waals surface area (Å²) >= 11 is 7.15. The summed E-state index contributed by atoms with van der Waals surface area (Å²) < 4.78 is 0. The fourth-order valence-electron chi connectivity index (χ4n) is 1.14. The fraction of sp³-hybridized carbons (Fsp3) is 0.364. The lowest BCUT2D eigenvalue weighted by molar-refractivity contribution is -0.109. The molecule has 0 aromatic heterocycles. The van der Waals surface area contributed by atoms with Crippen LogP contribution in [-0.4, -0.2) is 10.9 Å². The van der Waals surface area contributed by atoms with Crippen molar-refractivity contribution in [3.05, 3.63) is 34.9 Å². The second-order valence-electron chi connectivity index (χ2n) is 3.07. The Balaban J connectivity index is 2.25. The predicted octanol–water partition coefficient (Wildman–Crippen LogP) is 3.55. The van der Waals surface area contributed by atoms with Crippen molar-refractivity contribution in [1.82, 2.24) is 0 Å². The van der Waals surface area contributed by atoms with Crippen molar-refractivity contribution in [3.8, 4) is 0 Å². The van der Waals surface area contributed by atoms with E-state index in [2.05, 4.69) is 0 Å². The Morgan fingerprint density at radius 2 is 2.00 bits per heavy atom. The van der Waals surface area contributed by atoms with E-state index in [-0.39, 0.29) is 5.12 Å². The summed E-state index contributed by atoms with van der Waals surface area (Å²) in [5, 5.41) is 0.966. The molecule has 0 atom stereocenters. The van der Waals surface area contributed by atoms with Crippen LogP contribution in [0.25, 0.3) is 0 Å². The highest BCUT2D eigenvalue weighted by Gasteiger charge is 1.96. The van der Waals surface area contributed by atoms with Crippen LogP contribution < -0.4 is 0 Å². The van der Waals surface area contributed by atoms with Gasteiger partial charge in [-0.05, 0) is 30.5 Å². The van der Waals surface area contributed by atoms with Gasteiger partial charge in [-0.3, -0.25) is 4.79 Å². The van der Waals surface area contributed by atoms with Crippen LogP contribution in [0.15, 0.2) is 24.3 Å². The Bertz CT molecular complexity index is 295. The van der Waals surface area contributed by atoms with E-state index < -0.39 is 0 Å². The molecule has 0 bridgehead atoms. The maximum atomic E-state index is 10.6. The summed E-state index contributed by atoms with van der Waals surface area (Å²) in [6.07, 6.45) is 2.04. The molecule has 3 heteroatoms. The molecule has 76 valence electrons. The number of thioether (sulfide) groups is 1. The maximum Gasteiger partial charge on any atom is 0.185 e. The minimum absolute atomic E-state index is 0.195. The molecule has 0 N–H and O–H groups in total. The normalized spacial score (nSPS) is 10.1.